The fraction of sp³-hybridized carbons (Fsp3) is 0.250. The Bertz CT molecular complexity index is 606. The van der Waals surface area contributed by atoms with Crippen molar-refractivity contribution in [3.05, 3.63) is 53.6 Å². The van der Waals surface area contributed by atoms with Crippen LogP contribution in [-0.2, 0) is 0 Å². The fourth-order valence-electron chi connectivity index (χ4n) is 2.45. The number of fused-ring (bicyclic) bond motifs is 1. The first-order chi connectivity index (χ1) is 9.67. The average molecular weight is 272 g/mol. The van der Waals surface area contributed by atoms with E-state index in [1.807, 2.05) is 12.1 Å². The van der Waals surface area contributed by atoms with Crippen molar-refractivity contribution in [2.45, 2.75) is 18.6 Å². The summed E-state index contributed by atoms with van der Waals surface area (Å²) in [5, 5.41) is 19.6. The van der Waals surface area contributed by atoms with Gasteiger partial charge in [0.1, 0.15) is 23.4 Å². The van der Waals surface area contributed by atoms with E-state index in [0.29, 0.717) is 17.9 Å². The second kappa shape index (κ2) is 5.06. The maximum Gasteiger partial charge on any atom is 0.127 e. The minimum Gasteiger partial charge on any atom is -0.508 e. The molecular weight excluding hydrogens is 256 g/mol. The number of aromatic hydroxyl groups is 1. The van der Waals surface area contributed by atoms with E-state index in [1.165, 1.54) is 0 Å². The van der Waals surface area contributed by atoms with Gasteiger partial charge >= 0.3 is 0 Å². The summed E-state index contributed by atoms with van der Waals surface area (Å²) in [5.74, 6) is 1.59. The molecule has 0 spiro atoms. The highest BCUT2D eigenvalue weighted by atomic mass is 16.5. The lowest BCUT2D eigenvalue weighted by Gasteiger charge is -2.30. The lowest BCUT2D eigenvalue weighted by atomic mass is 9.95. The summed E-state index contributed by atoms with van der Waals surface area (Å²) in [5.41, 5.74) is 1.68. The lowest BCUT2D eigenvalue weighted by Crippen LogP contribution is -2.19. The van der Waals surface area contributed by atoms with Crippen LogP contribution in [0.1, 0.15) is 29.8 Å². The monoisotopic (exact) mass is 272 g/mol. The molecule has 0 fully saturated rings. The van der Waals surface area contributed by atoms with Crippen molar-refractivity contribution in [2.75, 3.05) is 7.11 Å². The summed E-state index contributed by atoms with van der Waals surface area (Å²) in [6, 6.07) is 12.3. The van der Waals surface area contributed by atoms with Crippen LogP contribution < -0.4 is 9.47 Å². The third-order valence-electron chi connectivity index (χ3n) is 3.55. The highest BCUT2D eigenvalue weighted by molar-refractivity contribution is 5.44. The van der Waals surface area contributed by atoms with Crippen LogP contribution in [0.2, 0.25) is 0 Å². The number of rotatable bonds is 2. The van der Waals surface area contributed by atoms with Gasteiger partial charge in [0.05, 0.1) is 13.2 Å². The molecule has 3 rings (SSSR count). The number of hydrogen-bond acceptors (Lipinski definition) is 4. The Morgan fingerprint density at radius 2 is 1.90 bits per heavy atom. The van der Waals surface area contributed by atoms with Crippen molar-refractivity contribution in [2.24, 2.45) is 0 Å². The van der Waals surface area contributed by atoms with Gasteiger partial charge in [-0.1, -0.05) is 12.1 Å². The van der Waals surface area contributed by atoms with Crippen LogP contribution in [0.3, 0.4) is 0 Å². The Morgan fingerprint density at radius 3 is 2.60 bits per heavy atom. The predicted octanol–water partition coefficient (Wildman–Crippen LogP) is 2.96. The summed E-state index contributed by atoms with van der Waals surface area (Å²) >= 11 is 0. The number of methoxy groups -OCH3 is 1. The largest absolute Gasteiger partial charge is 0.508 e. The minimum absolute atomic E-state index is 0.216. The molecule has 2 aromatic carbocycles. The third-order valence-corrected chi connectivity index (χ3v) is 3.55. The molecule has 4 nitrogen and oxygen atoms in total. The van der Waals surface area contributed by atoms with E-state index in [0.717, 1.165) is 11.1 Å². The number of aliphatic hydroxyl groups is 1. The van der Waals surface area contributed by atoms with Crippen LogP contribution in [0.5, 0.6) is 17.2 Å². The van der Waals surface area contributed by atoms with Gasteiger partial charge < -0.3 is 19.7 Å². The normalized spacial score (nSPS) is 20.9. The highest BCUT2D eigenvalue weighted by Crippen LogP contribution is 2.42. The number of hydrogen-bond donors (Lipinski definition) is 2. The Balaban J connectivity index is 1.90. The molecule has 0 aromatic heterocycles. The van der Waals surface area contributed by atoms with Gasteiger partial charge in [-0.15, -0.1) is 0 Å². The molecule has 0 amide bonds. The summed E-state index contributed by atoms with van der Waals surface area (Å²) in [7, 11) is 1.59. The molecule has 0 saturated carbocycles. The molecule has 0 saturated heterocycles. The summed E-state index contributed by atoms with van der Waals surface area (Å²) < 4.78 is 11.1. The second-order valence-electron chi connectivity index (χ2n) is 4.85. The van der Waals surface area contributed by atoms with E-state index in [9.17, 15) is 10.2 Å². The van der Waals surface area contributed by atoms with Crippen LogP contribution >= 0.6 is 0 Å². The molecule has 104 valence electrons. The van der Waals surface area contributed by atoms with Crippen LogP contribution in [0, 0.1) is 0 Å². The third kappa shape index (κ3) is 2.30. The molecule has 4 heteroatoms. The molecule has 2 N–H and O–H groups in total. The van der Waals surface area contributed by atoms with Gasteiger partial charge in [0.15, 0.2) is 0 Å². The topological polar surface area (TPSA) is 58.9 Å². The van der Waals surface area contributed by atoms with Crippen molar-refractivity contribution in [3.8, 4) is 17.2 Å². The van der Waals surface area contributed by atoms with Crippen LogP contribution in [0.15, 0.2) is 42.5 Å². The van der Waals surface area contributed by atoms with Gasteiger partial charge in [-0.05, 0) is 35.9 Å². The molecule has 0 radical (unpaired) electrons. The highest BCUT2D eigenvalue weighted by Gasteiger charge is 2.28. The van der Waals surface area contributed by atoms with E-state index in [1.54, 1.807) is 37.4 Å². The lowest BCUT2D eigenvalue weighted by molar-refractivity contribution is 0.0654. The predicted molar refractivity (Wildman–Crippen MR) is 74.0 cm³/mol. The molecular formula is C16H16O4. The first-order valence-corrected chi connectivity index (χ1v) is 6.49. The molecule has 1 unspecified atom stereocenters. The maximum absolute atomic E-state index is 10.3. The van der Waals surface area contributed by atoms with Gasteiger partial charge in [-0.25, -0.2) is 0 Å². The quantitative estimate of drug-likeness (QED) is 0.882. The fourth-order valence-corrected chi connectivity index (χ4v) is 2.45. The Hall–Kier alpha value is -2.20. The smallest absolute Gasteiger partial charge is 0.127 e. The Kier molecular flexibility index (Phi) is 3.24. The number of ether oxygens (including phenoxy) is 2. The van der Waals surface area contributed by atoms with Gasteiger partial charge in [-0.2, -0.15) is 0 Å². The molecule has 1 aliphatic rings. The molecule has 1 heterocycles. The van der Waals surface area contributed by atoms with Gasteiger partial charge in [0.2, 0.25) is 0 Å². The van der Waals surface area contributed by atoms with Gasteiger partial charge in [0, 0.05) is 12.0 Å². The number of aliphatic hydroxyl groups excluding tert-OH is 1. The maximum atomic E-state index is 10.3. The zero-order valence-electron chi connectivity index (χ0n) is 11.1. The van der Waals surface area contributed by atoms with E-state index in [-0.39, 0.29) is 11.9 Å². The van der Waals surface area contributed by atoms with Crippen molar-refractivity contribution in [1.29, 1.82) is 0 Å². The molecule has 2 atom stereocenters. The number of phenols is 1. The standard InChI is InChI=1S/C16H16O4/c1-19-12-6-7-15-13(8-12)14(18)9-16(20-15)10-2-4-11(17)5-3-10/h2-8,14,16-18H,9H2,1H3/t14-,16?/m0/s1. The molecule has 20 heavy (non-hydrogen) atoms. The average Bonchev–Trinajstić information content (AvgIpc) is 2.47. The second-order valence-corrected chi connectivity index (χ2v) is 4.85. The number of benzene rings is 2. The number of phenolic OH excluding ortho intramolecular Hbond substituents is 1. The molecule has 2 aromatic rings. The van der Waals surface area contributed by atoms with E-state index in [2.05, 4.69) is 0 Å². The molecule has 0 bridgehead atoms. The minimum atomic E-state index is -0.590. The summed E-state index contributed by atoms with van der Waals surface area (Å²) in [4.78, 5) is 0. The van der Waals surface area contributed by atoms with Crippen molar-refractivity contribution >= 4 is 0 Å². The zero-order chi connectivity index (χ0) is 14.1. The molecule has 0 aliphatic carbocycles. The summed E-state index contributed by atoms with van der Waals surface area (Å²) in [6.45, 7) is 0. The van der Waals surface area contributed by atoms with Crippen molar-refractivity contribution in [3.63, 3.8) is 0 Å². The Morgan fingerprint density at radius 1 is 1.15 bits per heavy atom. The zero-order valence-corrected chi connectivity index (χ0v) is 11.1. The van der Waals surface area contributed by atoms with Crippen LogP contribution in [0.25, 0.3) is 0 Å². The van der Waals surface area contributed by atoms with E-state index >= 15 is 0 Å². The van der Waals surface area contributed by atoms with Crippen molar-refractivity contribution in [1.82, 2.24) is 0 Å². The Labute approximate surface area is 117 Å². The van der Waals surface area contributed by atoms with E-state index < -0.39 is 6.10 Å². The van der Waals surface area contributed by atoms with Crippen LogP contribution in [0.4, 0.5) is 0 Å². The first-order valence-electron chi connectivity index (χ1n) is 6.49. The van der Waals surface area contributed by atoms with Gasteiger partial charge in [0.25, 0.3) is 0 Å². The van der Waals surface area contributed by atoms with Gasteiger partial charge in [-0.3, -0.25) is 0 Å². The summed E-state index contributed by atoms with van der Waals surface area (Å²) in [6.07, 6.45) is -0.329. The molecule has 1 aliphatic heterocycles. The first kappa shape index (κ1) is 12.8. The van der Waals surface area contributed by atoms with E-state index in [4.69, 9.17) is 9.47 Å². The SMILES string of the molecule is COc1ccc2c(c1)[C@@H](O)CC(c1ccc(O)cc1)O2. The van der Waals surface area contributed by atoms with Crippen molar-refractivity contribution < 1.29 is 19.7 Å². The van der Waals surface area contributed by atoms with Crippen LogP contribution in [-0.4, -0.2) is 17.3 Å².